The van der Waals surface area contributed by atoms with Gasteiger partial charge in [0.15, 0.2) is 5.78 Å². The van der Waals surface area contributed by atoms with E-state index in [9.17, 15) is 4.79 Å². The lowest BCUT2D eigenvalue weighted by molar-refractivity contribution is 0.0159. The SMILES string of the molecule is CC(=O)c1ccc(N2CCC(OCCO)CC2)c(Cl)c1. The first-order valence-corrected chi connectivity index (χ1v) is 7.27. The second-order valence-electron chi connectivity index (χ2n) is 5.00. The predicted molar refractivity (Wildman–Crippen MR) is 79.7 cm³/mol. The van der Waals surface area contributed by atoms with E-state index in [0.29, 0.717) is 17.2 Å². The van der Waals surface area contributed by atoms with Gasteiger partial charge < -0.3 is 14.7 Å². The number of nitrogens with zero attached hydrogens (tertiary/aromatic N) is 1. The van der Waals surface area contributed by atoms with Gasteiger partial charge in [-0.1, -0.05) is 11.6 Å². The number of rotatable bonds is 5. The zero-order valence-corrected chi connectivity index (χ0v) is 12.4. The molecule has 0 radical (unpaired) electrons. The molecule has 0 atom stereocenters. The molecule has 0 amide bonds. The zero-order valence-electron chi connectivity index (χ0n) is 11.6. The van der Waals surface area contributed by atoms with Crippen LogP contribution in [0.1, 0.15) is 30.1 Å². The number of aliphatic hydroxyl groups excluding tert-OH is 1. The van der Waals surface area contributed by atoms with E-state index in [1.165, 1.54) is 6.92 Å². The number of anilines is 1. The minimum absolute atomic E-state index is 0.0227. The molecular weight excluding hydrogens is 278 g/mol. The molecule has 0 aromatic heterocycles. The fraction of sp³-hybridized carbons (Fsp3) is 0.533. The first-order chi connectivity index (χ1) is 9.61. The maximum absolute atomic E-state index is 11.3. The van der Waals surface area contributed by atoms with E-state index < -0.39 is 0 Å². The van der Waals surface area contributed by atoms with Gasteiger partial charge in [-0.3, -0.25) is 4.79 Å². The van der Waals surface area contributed by atoms with Crippen molar-refractivity contribution in [3.05, 3.63) is 28.8 Å². The topological polar surface area (TPSA) is 49.8 Å². The Labute approximate surface area is 124 Å². The van der Waals surface area contributed by atoms with Crippen LogP contribution in [0.25, 0.3) is 0 Å². The maximum Gasteiger partial charge on any atom is 0.159 e. The molecule has 1 aromatic carbocycles. The number of aliphatic hydroxyl groups is 1. The van der Waals surface area contributed by atoms with Crippen LogP contribution in [0.5, 0.6) is 0 Å². The lowest BCUT2D eigenvalue weighted by Crippen LogP contribution is -2.37. The third kappa shape index (κ3) is 3.72. The highest BCUT2D eigenvalue weighted by Crippen LogP contribution is 2.29. The van der Waals surface area contributed by atoms with E-state index in [4.69, 9.17) is 21.4 Å². The first-order valence-electron chi connectivity index (χ1n) is 6.89. The van der Waals surface area contributed by atoms with E-state index in [1.807, 2.05) is 12.1 Å². The average Bonchev–Trinajstić information content (AvgIpc) is 2.45. The molecule has 0 aliphatic carbocycles. The molecule has 0 bridgehead atoms. The Morgan fingerprint density at radius 3 is 2.70 bits per heavy atom. The molecular formula is C15H20ClNO3. The average molecular weight is 298 g/mol. The molecule has 0 spiro atoms. The predicted octanol–water partition coefficient (Wildman–Crippen LogP) is 2.52. The van der Waals surface area contributed by atoms with Crippen molar-refractivity contribution in [2.24, 2.45) is 0 Å². The molecule has 20 heavy (non-hydrogen) atoms. The van der Waals surface area contributed by atoms with Gasteiger partial charge in [-0.2, -0.15) is 0 Å². The molecule has 5 heteroatoms. The Morgan fingerprint density at radius 1 is 1.45 bits per heavy atom. The number of carbonyl (C=O) groups is 1. The van der Waals surface area contributed by atoms with Crippen LogP contribution in [0.3, 0.4) is 0 Å². The van der Waals surface area contributed by atoms with E-state index in [-0.39, 0.29) is 18.5 Å². The molecule has 1 heterocycles. The molecule has 1 aromatic rings. The summed E-state index contributed by atoms with van der Waals surface area (Å²) in [4.78, 5) is 13.5. The Bertz CT molecular complexity index is 470. The van der Waals surface area contributed by atoms with Crippen molar-refractivity contribution >= 4 is 23.1 Å². The Hall–Kier alpha value is -1.10. The lowest BCUT2D eigenvalue weighted by Gasteiger charge is -2.34. The van der Waals surface area contributed by atoms with Gasteiger partial charge in [0.1, 0.15) is 0 Å². The quantitative estimate of drug-likeness (QED) is 0.849. The van der Waals surface area contributed by atoms with Crippen molar-refractivity contribution < 1.29 is 14.6 Å². The highest BCUT2D eigenvalue weighted by atomic mass is 35.5. The molecule has 1 saturated heterocycles. The Balaban J connectivity index is 1.98. The molecule has 0 saturated carbocycles. The minimum atomic E-state index is 0.0227. The lowest BCUT2D eigenvalue weighted by atomic mass is 10.1. The van der Waals surface area contributed by atoms with Crippen LogP contribution >= 0.6 is 11.6 Å². The number of hydrogen-bond acceptors (Lipinski definition) is 4. The third-order valence-corrected chi connectivity index (χ3v) is 3.88. The zero-order chi connectivity index (χ0) is 14.5. The number of hydrogen-bond donors (Lipinski definition) is 1. The molecule has 2 rings (SSSR count). The highest BCUT2D eigenvalue weighted by Gasteiger charge is 2.21. The van der Waals surface area contributed by atoms with Gasteiger partial charge in [-0.15, -0.1) is 0 Å². The largest absolute Gasteiger partial charge is 0.394 e. The van der Waals surface area contributed by atoms with Gasteiger partial charge in [0, 0.05) is 18.7 Å². The van der Waals surface area contributed by atoms with Crippen molar-refractivity contribution in [3.8, 4) is 0 Å². The first kappa shape index (κ1) is 15.3. The number of benzene rings is 1. The van der Waals surface area contributed by atoms with E-state index >= 15 is 0 Å². The molecule has 0 unspecified atom stereocenters. The summed E-state index contributed by atoms with van der Waals surface area (Å²) >= 11 is 6.27. The van der Waals surface area contributed by atoms with E-state index in [0.717, 1.165) is 31.6 Å². The number of ether oxygens (including phenoxy) is 1. The molecule has 1 N–H and O–H groups in total. The molecule has 1 aliphatic rings. The Kier molecular flexibility index (Phi) is 5.40. The minimum Gasteiger partial charge on any atom is -0.394 e. The number of piperidine rings is 1. The fourth-order valence-corrected chi connectivity index (χ4v) is 2.77. The standard InChI is InChI=1S/C15H20ClNO3/c1-11(19)12-2-3-15(14(16)10-12)17-6-4-13(5-7-17)20-9-8-18/h2-3,10,13,18H,4-9H2,1H3. The summed E-state index contributed by atoms with van der Waals surface area (Å²) in [6.07, 6.45) is 2.06. The highest BCUT2D eigenvalue weighted by molar-refractivity contribution is 6.33. The summed E-state index contributed by atoms with van der Waals surface area (Å²) in [5, 5.41) is 9.37. The normalized spacial score (nSPS) is 16.4. The number of carbonyl (C=O) groups excluding carboxylic acids is 1. The molecule has 4 nitrogen and oxygen atoms in total. The van der Waals surface area contributed by atoms with Gasteiger partial charge >= 0.3 is 0 Å². The molecule has 1 aliphatic heterocycles. The van der Waals surface area contributed by atoms with Crippen LogP contribution in [0.15, 0.2) is 18.2 Å². The summed E-state index contributed by atoms with van der Waals surface area (Å²) < 4.78 is 5.54. The van der Waals surface area contributed by atoms with Gasteiger partial charge in [0.25, 0.3) is 0 Å². The second kappa shape index (κ2) is 7.07. The summed E-state index contributed by atoms with van der Waals surface area (Å²) in [6, 6.07) is 5.46. The summed E-state index contributed by atoms with van der Waals surface area (Å²) in [5.74, 6) is 0.0227. The van der Waals surface area contributed by atoms with Crippen molar-refractivity contribution in [2.75, 3.05) is 31.2 Å². The van der Waals surface area contributed by atoms with Gasteiger partial charge in [0.05, 0.1) is 30.0 Å². The Morgan fingerprint density at radius 2 is 2.15 bits per heavy atom. The number of halogens is 1. The van der Waals surface area contributed by atoms with E-state index in [1.54, 1.807) is 6.07 Å². The number of ketones is 1. The van der Waals surface area contributed by atoms with Crippen LogP contribution in [-0.2, 0) is 4.74 Å². The van der Waals surface area contributed by atoms with Crippen LogP contribution < -0.4 is 4.90 Å². The molecule has 110 valence electrons. The van der Waals surface area contributed by atoms with E-state index in [2.05, 4.69) is 4.90 Å². The smallest absolute Gasteiger partial charge is 0.159 e. The second-order valence-corrected chi connectivity index (χ2v) is 5.41. The van der Waals surface area contributed by atoms with Crippen molar-refractivity contribution in [1.29, 1.82) is 0 Å². The van der Waals surface area contributed by atoms with Crippen molar-refractivity contribution in [3.63, 3.8) is 0 Å². The summed E-state index contributed by atoms with van der Waals surface area (Å²) in [5.41, 5.74) is 1.61. The number of Topliss-reactive ketones (excluding diaryl/α,β-unsaturated/α-hetero) is 1. The van der Waals surface area contributed by atoms with Gasteiger partial charge in [-0.05, 0) is 38.0 Å². The maximum atomic E-state index is 11.3. The third-order valence-electron chi connectivity index (χ3n) is 3.58. The van der Waals surface area contributed by atoms with Crippen LogP contribution in [-0.4, -0.2) is 43.3 Å². The van der Waals surface area contributed by atoms with Gasteiger partial charge in [0.2, 0.25) is 0 Å². The van der Waals surface area contributed by atoms with Crippen molar-refractivity contribution in [1.82, 2.24) is 0 Å². The van der Waals surface area contributed by atoms with Gasteiger partial charge in [-0.25, -0.2) is 0 Å². The van der Waals surface area contributed by atoms with Crippen LogP contribution in [0.2, 0.25) is 5.02 Å². The summed E-state index contributed by atoms with van der Waals surface area (Å²) in [6.45, 7) is 3.75. The molecule has 1 fully saturated rings. The van der Waals surface area contributed by atoms with Crippen LogP contribution in [0.4, 0.5) is 5.69 Å². The fourth-order valence-electron chi connectivity index (χ4n) is 2.47. The van der Waals surface area contributed by atoms with Crippen LogP contribution in [0, 0.1) is 0 Å². The van der Waals surface area contributed by atoms with Crippen molar-refractivity contribution in [2.45, 2.75) is 25.9 Å². The monoisotopic (exact) mass is 297 g/mol. The summed E-state index contributed by atoms with van der Waals surface area (Å²) in [7, 11) is 0.